The zero-order valence-corrected chi connectivity index (χ0v) is 15.7. The third kappa shape index (κ3) is 5.34. The summed E-state index contributed by atoms with van der Waals surface area (Å²) in [6, 6.07) is 17.4. The van der Waals surface area contributed by atoms with Gasteiger partial charge in [-0.2, -0.15) is 0 Å². The van der Waals surface area contributed by atoms with Gasteiger partial charge in [0.1, 0.15) is 12.2 Å². The lowest BCUT2D eigenvalue weighted by Gasteiger charge is -2.20. The summed E-state index contributed by atoms with van der Waals surface area (Å²) < 4.78 is 5.33. The molecule has 3 rings (SSSR count). The van der Waals surface area contributed by atoms with Gasteiger partial charge in [0.2, 0.25) is 0 Å². The molecule has 2 aromatic carbocycles. The number of nitrogens with one attached hydrogen (secondary N) is 1. The molecule has 0 unspecified atom stereocenters. The van der Waals surface area contributed by atoms with Crippen molar-refractivity contribution in [1.29, 1.82) is 0 Å². The Labute approximate surface area is 158 Å². The SMILES string of the molecule is CC(C)(C)OC(=O)Nc1ccccc1-c1cnn(OCc2ccccc2)c1. The van der Waals surface area contributed by atoms with E-state index in [1.165, 1.54) is 4.85 Å². The maximum Gasteiger partial charge on any atom is 0.412 e. The van der Waals surface area contributed by atoms with Crippen LogP contribution in [0.1, 0.15) is 26.3 Å². The molecule has 6 nitrogen and oxygen atoms in total. The van der Waals surface area contributed by atoms with Crippen molar-refractivity contribution in [3.63, 3.8) is 0 Å². The first kappa shape index (κ1) is 18.5. The number of carbonyl (C=O) groups excluding carboxylic acids is 1. The van der Waals surface area contributed by atoms with E-state index < -0.39 is 11.7 Å². The van der Waals surface area contributed by atoms with Gasteiger partial charge >= 0.3 is 6.09 Å². The number of nitrogens with zero attached hydrogens (tertiary/aromatic N) is 2. The number of anilines is 1. The lowest BCUT2D eigenvalue weighted by molar-refractivity contribution is 0.0636. The number of benzene rings is 2. The Morgan fingerprint density at radius 1 is 1.07 bits per heavy atom. The Hall–Kier alpha value is -3.28. The number of hydrogen-bond donors (Lipinski definition) is 1. The van der Waals surface area contributed by atoms with Gasteiger partial charge < -0.3 is 9.57 Å². The standard InChI is InChI=1S/C21H23N3O3/c1-21(2,3)27-20(25)23-19-12-8-7-11-18(19)17-13-22-24(14-17)26-15-16-9-5-4-6-10-16/h4-14H,15H2,1-3H3,(H,23,25). The van der Waals surface area contributed by atoms with Gasteiger partial charge in [-0.3, -0.25) is 5.32 Å². The van der Waals surface area contributed by atoms with Gasteiger partial charge in [-0.15, -0.1) is 9.94 Å². The number of carbonyl (C=O) groups is 1. The minimum absolute atomic E-state index is 0.416. The van der Waals surface area contributed by atoms with E-state index in [0.29, 0.717) is 12.3 Å². The molecule has 1 N–H and O–H groups in total. The largest absolute Gasteiger partial charge is 0.444 e. The molecule has 1 amide bonds. The molecule has 0 radical (unpaired) electrons. The maximum absolute atomic E-state index is 12.1. The highest BCUT2D eigenvalue weighted by Crippen LogP contribution is 2.27. The summed E-state index contributed by atoms with van der Waals surface area (Å²) >= 11 is 0. The number of aromatic nitrogens is 2. The predicted molar refractivity (Wildman–Crippen MR) is 104 cm³/mol. The lowest BCUT2D eigenvalue weighted by atomic mass is 10.1. The van der Waals surface area contributed by atoms with Gasteiger partial charge in [0, 0.05) is 11.1 Å². The van der Waals surface area contributed by atoms with Crippen LogP contribution in [0.25, 0.3) is 11.1 Å². The molecule has 1 heterocycles. The average Bonchev–Trinajstić information content (AvgIpc) is 3.08. The summed E-state index contributed by atoms with van der Waals surface area (Å²) in [5.41, 5.74) is 2.80. The van der Waals surface area contributed by atoms with Crippen molar-refractivity contribution in [1.82, 2.24) is 9.94 Å². The lowest BCUT2D eigenvalue weighted by Crippen LogP contribution is -2.27. The molecular weight excluding hydrogens is 342 g/mol. The van der Waals surface area contributed by atoms with E-state index in [4.69, 9.17) is 9.57 Å². The Morgan fingerprint density at radius 3 is 2.52 bits per heavy atom. The van der Waals surface area contributed by atoms with E-state index in [9.17, 15) is 4.79 Å². The summed E-state index contributed by atoms with van der Waals surface area (Å²) in [7, 11) is 0. The highest BCUT2D eigenvalue weighted by atomic mass is 16.7. The highest BCUT2D eigenvalue weighted by molar-refractivity contribution is 5.91. The number of ether oxygens (including phenoxy) is 1. The monoisotopic (exact) mass is 365 g/mol. The molecule has 0 aliphatic rings. The molecule has 1 aromatic heterocycles. The zero-order valence-electron chi connectivity index (χ0n) is 15.7. The van der Waals surface area contributed by atoms with Gasteiger partial charge in [0.15, 0.2) is 0 Å². The molecule has 3 aromatic rings. The van der Waals surface area contributed by atoms with Gasteiger partial charge in [-0.1, -0.05) is 48.5 Å². The summed E-state index contributed by atoms with van der Waals surface area (Å²) in [5.74, 6) is 0. The van der Waals surface area contributed by atoms with Crippen LogP contribution in [0.5, 0.6) is 0 Å². The van der Waals surface area contributed by atoms with E-state index in [1.54, 1.807) is 12.4 Å². The third-order valence-corrected chi connectivity index (χ3v) is 3.64. The normalized spacial score (nSPS) is 11.1. The van der Waals surface area contributed by atoms with Crippen molar-refractivity contribution in [2.45, 2.75) is 33.0 Å². The van der Waals surface area contributed by atoms with E-state index in [2.05, 4.69) is 10.4 Å². The number of hydrogen-bond acceptors (Lipinski definition) is 4. The quantitative estimate of drug-likeness (QED) is 0.722. The zero-order chi connectivity index (χ0) is 19.3. The highest BCUT2D eigenvalue weighted by Gasteiger charge is 2.17. The van der Waals surface area contributed by atoms with Crippen molar-refractivity contribution >= 4 is 11.8 Å². The first-order chi connectivity index (χ1) is 12.9. The molecule has 140 valence electrons. The van der Waals surface area contributed by atoms with Crippen LogP contribution in [-0.2, 0) is 11.3 Å². The second-order valence-electron chi connectivity index (χ2n) is 7.06. The average molecular weight is 365 g/mol. The third-order valence-electron chi connectivity index (χ3n) is 3.64. The smallest absolute Gasteiger partial charge is 0.412 e. The maximum atomic E-state index is 12.1. The van der Waals surface area contributed by atoms with Crippen molar-refractivity contribution in [3.8, 4) is 11.1 Å². The fourth-order valence-electron chi connectivity index (χ4n) is 2.49. The van der Waals surface area contributed by atoms with Crippen molar-refractivity contribution < 1.29 is 14.4 Å². The number of amides is 1. The first-order valence-corrected chi connectivity index (χ1v) is 8.72. The van der Waals surface area contributed by atoms with Gasteiger partial charge in [0.05, 0.1) is 18.1 Å². The minimum atomic E-state index is -0.560. The Balaban J connectivity index is 1.71. The van der Waals surface area contributed by atoms with Crippen molar-refractivity contribution in [2.75, 3.05) is 5.32 Å². The van der Waals surface area contributed by atoms with Crippen LogP contribution in [0.2, 0.25) is 0 Å². The van der Waals surface area contributed by atoms with E-state index in [0.717, 1.165) is 16.7 Å². The topological polar surface area (TPSA) is 65.4 Å². The number of rotatable bonds is 5. The Bertz CT molecular complexity index is 898. The molecule has 0 aliphatic heterocycles. The Morgan fingerprint density at radius 2 is 1.78 bits per heavy atom. The van der Waals surface area contributed by atoms with Crippen LogP contribution < -0.4 is 10.2 Å². The fourth-order valence-corrected chi connectivity index (χ4v) is 2.49. The molecule has 0 saturated heterocycles. The molecule has 27 heavy (non-hydrogen) atoms. The fraction of sp³-hybridized carbons (Fsp3) is 0.238. The van der Waals surface area contributed by atoms with Crippen molar-refractivity contribution in [3.05, 3.63) is 72.6 Å². The number of para-hydroxylation sites is 1. The summed E-state index contributed by atoms with van der Waals surface area (Å²) in [6.45, 7) is 5.89. The van der Waals surface area contributed by atoms with Crippen LogP contribution in [0.3, 0.4) is 0 Å². The van der Waals surface area contributed by atoms with E-state index >= 15 is 0 Å². The van der Waals surface area contributed by atoms with E-state index in [1.807, 2.05) is 75.4 Å². The van der Waals surface area contributed by atoms with Crippen LogP contribution in [0.15, 0.2) is 67.0 Å². The second kappa shape index (κ2) is 7.95. The summed E-state index contributed by atoms with van der Waals surface area (Å²) in [4.78, 5) is 19.2. The molecule has 0 bridgehead atoms. The Kier molecular flexibility index (Phi) is 5.45. The van der Waals surface area contributed by atoms with Crippen LogP contribution >= 0.6 is 0 Å². The van der Waals surface area contributed by atoms with Crippen LogP contribution in [0, 0.1) is 0 Å². The molecule has 0 aliphatic carbocycles. The molecule has 6 heteroatoms. The molecule has 0 spiro atoms. The molecule has 0 atom stereocenters. The first-order valence-electron chi connectivity index (χ1n) is 8.72. The predicted octanol–water partition coefficient (Wildman–Crippen LogP) is 4.53. The van der Waals surface area contributed by atoms with Crippen LogP contribution in [-0.4, -0.2) is 21.6 Å². The second-order valence-corrected chi connectivity index (χ2v) is 7.06. The van der Waals surface area contributed by atoms with Gasteiger partial charge in [0.25, 0.3) is 0 Å². The minimum Gasteiger partial charge on any atom is -0.444 e. The summed E-state index contributed by atoms with van der Waals surface area (Å²) in [6.07, 6.45) is 2.97. The molecular formula is C21H23N3O3. The van der Waals surface area contributed by atoms with Gasteiger partial charge in [-0.25, -0.2) is 4.79 Å². The van der Waals surface area contributed by atoms with E-state index in [-0.39, 0.29) is 0 Å². The molecule has 0 saturated carbocycles. The summed E-state index contributed by atoms with van der Waals surface area (Å²) in [5, 5.41) is 7.03. The van der Waals surface area contributed by atoms with Gasteiger partial charge in [-0.05, 0) is 32.4 Å². The molecule has 0 fully saturated rings. The van der Waals surface area contributed by atoms with Crippen molar-refractivity contribution in [2.24, 2.45) is 0 Å². The van der Waals surface area contributed by atoms with Crippen LogP contribution in [0.4, 0.5) is 10.5 Å².